The van der Waals surface area contributed by atoms with Gasteiger partial charge in [-0.25, -0.2) is 0 Å². The molecule has 0 amide bonds. The highest BCUT2D eigenvalue weighted by molar-refractivity contribution is 4.72. The molecule has 0 aromatic rings. The molecule has 0 saturated carbocycles. The van der Waals surface area contributed by atoms with Gasteiger partial charge in [-0.15, -0.1) is 0 Å². The lowest BCUT2D eigenvalue weighted by Gasteiger charge is -2.01. The lowest BCUT2D eigenvalue weighted by molar-refractivity contribution is 0.550. The van der Waals surface area contributed by atoms with E-state index in [1.54, 1.807) is 0 Å². The van der Waals surface area contributed by atoms with Gasteiger partial charge in [-0.05, 0) is 25.3 Å². The minimum absolute atomic E-state index is 1.14. The van der Waals surface area contributed by atoms with E-state index >= 15 is 0 Å². The second-order valence-electron chi connectivity index (χ2n) is 5.48. The maximum Gasteiger partial charge on any atom is -0.0282 e. The van der Waals surface area contributed by atoms with Crippen molar-refractivity contribution in [3.05, 3.63) is 12.2 Å². The molecule has 18 heavy (non-hydrogen) atoms. The van der Waals surface area contributed by atoms with E-state index in [2.05, 4.69) is 26.0 Å². The number of rotatable bonds is 14. The highest BCUT2D eigenvalue weighted by Gasteiger charge is 1.92. The molecule has 0 heterocycles. The lowest BCUT2D eigenvalue weighted by atomic mass is 10.1. The molecule has 0 rings (SSSR count). The summed E-state index contributed by atoms with van der Waals surface area (Å²) >= 11 is 0. The minimum Gasteiger partial charge on any atom is -0.0811 e. The van der Waals surface area contributed by atoms with Crippen molar-refractivity contribution in [1.82, 2.24) is 0 Å². The Morgan fingerprint density at radius 1 is 0.611 bits per heavy atom. The molecule has 0 aliphatic rings. The Labute approximate surface area is 116 Å². The highest BCUT2D eigenvalue weighted by atomic mass is 14.0. The summed E-state index contributed by atoms with van der Waals surface area (Å²) in [5, 5.41) is 0. The molecule has 0 aromatic heterocycles. The smallest absolute Gasteiger partial charge is 0.0282 e. The third-order valence-electron chi connectivity index (χ3n) is 3.49. The van der Waals surface area contributed by atoms with Gasteiger partial charge in [-0.3, -0.25) is 0 Å². The van der Waals surface area contributed by atoms with Gasteiger partial charge in [0.2, 0.25) is 0 Å². The van der Waals surface area contributed by atoms with Gasteiger partial charge in [-0.1, -0.05) is 90.6 Å². The van der Waals surface area contributed by atoms with Crippen LogP contribution in [0.3, 0.4) is 0 Å². The van der Waals surface area contributed by atoms with Gasteiger partial charge < -0.3 is 0 Å². The summed E-state index contributed by atoms with van der Waals surface area (Å²) in [6.07, 6.45) is 25.0. The molecule has 0 aliphatic heterocycles. The first-order chi connectivity index (χ1) is 8.91. The SMILES string of the molecule is CCC/[C]=C\CCCCCCCCCCCCC. The standard InChI is InChI=1S/C18H35/c1-3-5-7-9-11-13-15-17-18-16-14-12-10-8-6-4-2/h10H,3-7,9,11-18H2,1-2H3. The summed E-state index contributed by atoms with van der Waals surface area (Å²) < 4.78 is 0. The number of hydrogen-bond donors (Lipinski definition) is 0. The minimum atomic E-state index is 1.14. The maximum absolute atomic E-state index is 3.35. The summed E-state index contributed by atoms with van der Waals surface area (Å²) in [4.78, 5) is 0. The Morgan fingerprint density at radius 3 is 1.61 bits per heavy atom. The quantitative estimate of drug-likeness (QED) is 0.296. The van der Waals surface area contributed by atoms with Crippen molar-refractivity contribution in [2.45, 2.75) is 104 Å². The van der Waals surface area contributed by atoms with E-state index in [4.69, 9.17) is 0 Å². The predicted octanol–water partition coefficient (Wildman–Crippen LogP) is 6.85. The molecule has 0 saturated heterocycles. The van der Waals surface area contributed by atoms with Crippen LogP contribution in [0.15, 0.2) is 6.08 Å². The van der Waals surface area contributed by atoms with Crippen molar-refractivity contribution in [2.24, 2.45) is 0 Å². The highest BCUT2D eigenvalue weighted by Crippen LogP contribution is 2.11. The molecule has 0 bridgehead atoms. The van der Waals surface area contributed by atoms with E-state index in [9.17, 15) is 0 Å². The van der Waals surface area contributed by atoms with Gasteiger partial charge in [0.15, 0.2) is 0 Å². The van der Waals surface area contributed by atoms with Crippen molar-refractivity contribution < 1.29 is 0 Å². The zero-order valence-corrected chi connectivity index (χ0v) is 13.0. The number of hydrogen-bond acceptors (Lipinski definition) is 0. The lowest BCUT2D eigenvalue weighted by Crippen LogP contribution is -1.82. The molecule has 0 spiro atoms. The summed E-state index contributed by atoms with van der Waals surface area (Å²) in [6.45, 7) is 4.50. The average Bonchev–Trinajstić information content (AvgIpc) is 2.39. The Morgan fingerprint density at radius 2 is 1.11 bits per heavy atom. The molecule has 0 aliphatic carbocycles. The Bertz CT molecular complexity index is 157. The van der Waals surface area contributed by atoms with E-state index in [0.717, 1.165) is 6.42 Å². The molecule has 0 aromatic carbocycles. The van der Waals surface area contributed by atoms with Crippen LogP contribution in [-0.2, 0) is 0 Å². The normalized spacial score (nSPS) is 11.4. The van der Waals surface area contributed by atoms with Gasteiger partial charge in [0.25, 0.3) is 0 Å². The van der Waals surface area contributed by atoms with E-state index < -0.39 is 0 Å². The third kappa shape index (κ3) is 15.7. The van der Waals surface area contributed by atoms with Crippen LogP contribution in [0.2, 0.25) is 0 Å². The van der Waals surface area contributed by atoms with Crippen molar-refractivity contribution in [1.29, 1.82) is 0 Å². The van der Waals surface area contributed by atoms with Gasteiger partial charge in [0.05, 0.1) is 0 Å². The fourth-order valence-electron chi connectivity index (χ4n) is 2.26. The monoisotopic (exact) mass is 251 g/mol. The Balaban J connectivity index is 2.94. The van der Waals surface area contributed by atoms with Gasteiger partial charge in [0, 0.05) is 0 Å². The van der Waals surface area contributed by atoms with Crippen LogP contribution in [0.4, 0.5) is 0 Å². The summed E-state index contributed by atoms with van der Waals surface area (Å²) in [5.41, 5.74) is 0. The molecule has 0 atom stereocenters. The second kappa shape index (κ2) is 16.7. The van der Waals surface area contributed by atoms with Crippen LogP contribution in [0.25, 0.3) is 0 Å². The van der Waals surface area contributed by atoms with Crippen LogP contribution in [0.5, 0.6) is 0 Å². The van der Waals surface area contributed by atoms with Crippen LogP contribution in [0, 0.1) is 6.08 Å². The van der Waals surface area contributed by atoms with Crippen molar-refractivity contribution in [3.63, 3.8) is 0 Å². The fourth-order valence-corrected chi connectivity index (χ4v) is 2.26. The topological polar surface area (TPSA) is 0 Å². The predicted molar refractivity (Wildman–Crippen MR) is 83.8 cm³/mol. The Hall–Kier alpha value is -0.260. The average molecular weight is 251 g/mol. The van der Waals surface area contributed by atoms with E-state index in [1.807, 2.05) is 0 Å². The van der Waals surface area contributed by atoms with Crippen molar-refractivity contribution in [3.8, 4) is 0 Å². The molecule has 0 heteroatoms. The summed E-state index contributed by atoms with van der Waals surface area (Å²) in [5.74, 6) is 0. The molecular formula is C18H35. The molecule has 0 fully saturated rings. The van der Waals surface area contributed by atoms with Crippen LogP contribution in [-0.4, -0.2) is 0 Å². The Kier molecular flexibility index (Phi) is 16.5. The largest absolute Gasteiger partial charge is 0.0811 e. The summed E-state index contributed by atoms with van der Waals surface area (Å²) in [6, 6.07) is 0. The molecule has 0 unspecified atom stereocenters. The number of allylic oxidation sites excluding steroid dienone is 2. The molecule has 1 radical (unpaired) electrons. The zero-order valence-electron chi connectivity index (χ0n) is 13.0. The molecule has 0 nitrogen and oxygen atoms in total. The molecular weight excluding hydrogens is 216 g/mol. The first-order valence-corrected chi connectivity index (χ1v) is 8.46. The van der Waals surface area contributed by atoms with E-state index in [1.165, 1.54) is 83.5 Å². The van der Waals surface area contributed by atoms with E-state index in [-0.39, 0.29) is 0 Å². The zero-order chi connectivity index (χ0) is 13.3. The third-order valence-corrected chi connectivity index (χ3v) is 3.49. The fraction of sp³-hybridized carbons (Fsp3) is 0.889. The van der Waals surface area contributed by atoms with Crippen LogP contribution < -0.4 is 0 Å². The van der Waals surface area contributed by atoms with Gasteiger partial charge in [0.1, 0.15) is 0 Å². The molecule has 0 N–H and O–H groups in total. The first kappa shape index (κ1) is 17.7. The van der Waals surface area contributed by atoms with E-state index in [0.29, 0.717) is 0 Å². The van der Waals surface area contributed by atoms with Gasteiger partial charge >= 0.3 is 0 Å². The van der Waals surface area contributed by atoms with Crippen molar-refractivity contribution in [2.75, 3.05) is 0 Å². The maximum atomic E-state index is 3.35. The first-order valence-electron chi connectivity index (χ1n) is 8.46. The van der Waals surface area contributed by atoms with Crippen LogP contribution >= 0.6 is 0 Å². The van der Waals surface area contributed by atoms with Gasteiger partial charge in [-0.2, -0.15) is 0 Å². The van der Waals surface area contributed by atoms with Crippen LogP contribution in [0.1, 0.15) is 104 Å². The number of unbranched alkanes of at least 4 members (excludes halogenated alkanes) is 12. The summed E-state index contributed by atoms with van der Waals surface area (Å²) in [7, 11) is 0. The molecule has 107 valence electrons. The second-order valence-corrected chi connectivity index (χ2v) is 5.48. The van der Waals surface area contributed by atoms with Crippen molar-refractivity contribution >= 4 is 0 Å².